The maximum atomic E-state index is 12.9. The van der Waals surface area contributed by atoms with E-state index >= 15 is 0 Å². The van der Waals surface area contributed by atoms with Gasteiger partial charge in [-0.05, 0) is 44.6 Å². The van der Waals surface area contributed by atoms with Crippen molar-refractivity contribution < 1.29 is 18.3 Å². The van der Waals surface area contributed by atoms with E-state index < -0.39 is 12.5 Å². The van der Waals surface area contributed by atoms with E-state index in [-0.39, 0.29) is 5.91 Å². The minimum absolute atomic E-state index is 0.0619. The fraction of sp³-hybridized carbons (Fsp3) is 0.778. The van der Waals surface area contributed by atoms with Crippen LogP contribution in [-0.4, -0.2) is 47.5 Å². The molecule has 1 amide bonds. The molecule has 1 aliphatic carbocycles. The summed E-state index contributed by atoms with van der Waals surface area (Å²) in [5.41, 5.74) is 0.977. The predicted octanol–water partition coefficient (Wildman–Crippen LogP) is 3.23. The zero-order valence-corrected chi connectivity index (χ0v) is 16.2. The van der Waals surface area contributed by atoms with Crippen molar-refractivity contribution in [1.82, 2.24) is 15.2 Å². The third-order valence-corrected chi connectivity index (χ3v) is 6.04. The SMILES string of the molecule is CC(=O)N[C@H]1C[C@H](CCCN2CCc3sc(OCC(C)(F)F)nc3C2)C1. The van der Waals surface area contributed by atoms with E-state index in [0.29, 0.717) is 11.2 Å². The second-order valence-corrected chi connectivity index (χ2v) is 8.66. The van der Waals surface area contributed by atoms with Gasteiger partial charge < -0.3 is 10.1 Å². The molecule has 2 aliphatic rings. The Labute approximate surface area is 157 Å². The molecule has 8 heteroatoms. The molecule has 1 aromatic heterocycles. The Bertz CT molecular complexity index is 626. The molecular formula is C18H27F2N3O2S. The van der Waals surface area contributed by atoms with Crippen LogP contribution in [0.2, 0.25) is 0 Å². The fourth-order valence-corrected chi connectivity index (χ4v) is 4.56. The van der Waals surface area contributed by atoms with Gasteiger partial charge in [0.15, 0.2) is 6.61 Å². The molecule has 1 fully saturated rings. The van der Waals surface area contributed by atoms with Crippen molar-refractivity contribution in [3.8, 4) is 5.19 Å². The highest BCUT2D eigenvalue weighted by Crippen LogP contribution is 2.33. The highest BCUT2D eigenvalue weighted by atomic mass is 32.1. The van der Waals surface area contributed by atoms with E-state index in [2.05, 4.69) is 15.2 Å². The van der Waals surface area contributed by atoms with Crippen molar-refractivity contribution >= 4 is 17.2 Å². The molecule has 2 heterocycles. The van der Waals surface area contributed by atoms with Gasteiger partial charge in [-0.25, -0.2) is 13.8 Å². The number of amides is 1. The molecule has 0 aromatic carbocycles. The fourth-order valence-electron chi connectivity index (χ4n) is 3.65. The number of carbonyl (C=O) groups is 1. The first-order chi connectivity index (χ1) is 12.3. The Balaban J connectivity index is 1.36. The largest absolute Gasteiger partial charge is 0.464 e. The molecule has 0 radical (unpaired) electrons. The van der Waals surface area contributed by atoms with Crippen LogP contribution in [0.1, 0.15) is 50.1 Å². The molecule has 5 nitrogen and oxygen atoms in total. The Morgan fingerprint density at radius 1 is 1.46 bits per heavy atom. The normalized spacial score (nSPS) is 23.2. The first kappa shape index (κ1) is 19.5. The van der Waals surface area contributed by atoms with Gasteiger partial charge in [-0.1, -0.05) is 11.3 Å². The van der Waals surface area contributed by atoms with Crippen LogP contribution in [0.4, 0.5) is 8.78 Å². The van der Waals surface area contributed by atoms with E-state index in [1.54, 1.807) is 6.92 Å². The summed E-state index contributed by atoms with van der Waals surface area (Å²) < 4.78 is 30.9. The van der Waals surface area contributed by atoms with Gasteiger partial charge in [0.2, 0.25) is 5.91 Å². The zero-order chi connectivity index (χ0) is 18.7. The minimum atomic E-state index is -2.83. The maximum absolute atomic E-state index is 12.9. The summed E-state index contributed by atoms with van der Waals surface area (Å²) in [6.07, 6.45) is 5.43. The summed E-state index contributed by atoms with van der Waals surface area (Å²) in [6, 6.07) is 0.374. The van der Waals surface area contributed by atoms with E-state index in [9.17, 15) is 13.6 Å². The maximum Gasteiger partial charge on any atom is 0.278 e. The lowest BCUT2D eigenvalue weighted by atomic mass is 9.77. The van der Waals surface area contributed by atoms with Gasteiger partial charge in [0.05, 0.1) is 5.69 Å². The molecule has 1 aliphatic heterocycles. The van der Waals surface area contributed by atoms with E-state index in [1.165, 1.54) is 17.8 Å². The number of carbonyl (C=O) groups excluding carboxylic acids is 1. The molecule has 3 rings (SSSR count). The summed E-state index contributed by atoms with van der Waals surface area (Å²) in [7, 11) is 0. The van der Waals surface area contributed by atoms with Gasteiger partial charge in [-0.2, -0.15) is 0 Å². The van der Waals surface area contributed by atoms with Crippen molar-refractivity contribution in [2.45, 2.75) is 64.5 Å². The van der Waals surface area contributed by atoms with Crippen molar-refractivity contribution in [1.29, 1.82) is 0 Å². The molecule has 1 N–H and O–H groups in total. The van der Waals surface area contributed by atoms with Gasteiger partial charge in [0.1, 0.15) is 0 Å². The average molecular weight is 387 g/mol. The molecular weight excluding hydrogens is 360 g/mol. The number of aromatic nitrogens is 1. The van der Waals surface area contributed by atoms with Crippen LogP contribution in [0.3, 0.4) is 0 Å². The Morgan fingerprint density at radius 2 is 2.23 bits per heavy atom. The number of rotatable bonds is 8. The number of ether oxygens (including phenoxy) is 1. The third kappa shape index (κ3) is 5.61. The number of nitrogens with one attached hydrogen (secondary N) is 1. The standard InChI is InChI=1S/C18H27F2N3O2S/c1-12(24)21-14-8-13(9-14)4-3-6-23-7-5-16-15(10-23)22-17(26-16)25-11-18(2,19)20/h13-14H,3-11H2,1-2H3,(H,21,24)/t13-,14-. The molecule has 0 saturated heterocycles. The van der Waals surface area contributed by atoms with Crippen LogP contribution >= 0.6 is 11.3 Å². The Hall–Kier alpha value is -1.28. The number of thiazole rings is 1. The second-order valence-electron chi connectivity index (χ2n) is 7.61. The highest BCUT2D eigenvalue weighted by molar-refractivity contribution is 7.13. The van der Waals surface area contributed by atoms with Crippen LogP contribution < -0.4 is 10.1 Å². The summed E-state index contributed by atoms with van der Waals surface area (Å²) in [5.74, 6) is -2.05. The van der Waals surface area contributed by atoms with E-state index in [1.807, 2.05) is 0 Å². The van der Waals surface area contributed by atoms with Crippen LogP contribution in [0.15, 0.2) is 0 Å². The molecule has 146 valence electrons. The molecule has 1 aromatic rings. The first-order valence-corrected chi connectivity index (χ1v) is 10.1. The van der Waals surface area contributed by atoms with Crippen molar-refractivity contribution in [2.24, 2.45) is 5.92 Å². The summed E-state index contributed by atoms with van der Waals surface area (Å²) in [4.78, 5) is 18.9. The average Bonchev–Trinajstić information content (AvgIpc) is 2.91. The Kier molecular flexibility index (Phi) is 6.12. The van der Waals surface area contributed by atoms with Crippen LogP contribution in [0.5, 0.6) is 5.19 Å². The van der Waals surface area contributed by atoms with Crippen molar-refractivity contribution in [3.05, 3.63) is 10.6 Å². The molecule has 0 atom stereocenters. The van der Waals surface area contributed by atoms with Crippen LogP contribution in [0.25, 0.3) is 0 Å². The van der Waals surface area contributed by atoms with Crippen molar-refractivity contribution in [2.75, 3.05) is 19.7 Å². The molecule has 1 saturated carbocycles. The highest BCUT2D eigenvalue weighted by Gasteiger charge is 2.29. The monoisotopic (exact) mass is 387 g/mol. The summed E-state index contributed by atoms with van der Waals surface area (Å²) in [6.45, 7) is 4.59. The topological polar surface area (TPSA) is 54.5 Å². The number of nitrogens with zero attached hydrogens (tertiary/aromatic N) is 2. The molecule has 26 heavy (non-hydrogen) atoms. The lowest BCUT2D eigenvalue weighted by Crippen LogP contribution is -2.43. The van der Waals surface area contributed by atoms with Gasteiger partial charge in [-0.3, -0.25) is 9.69 Å². The smallest absolute Gasteiger partial charge is 0.278 e. The van der Waals surface area contributed by atoms with Gasteiger partial charge in [-0.15, -0.1) is 0 Å². The first-order valence-electron chi connectivity index (χ1n) is 9.27. The van der Waals surface area contributed by atoms with E-state index in [0.717, 1.165) is 68.7 Å². The minimum Gasteiger partial charge on any atom is -0.464 e. The predicted molar refractivity (Wildman–Crippen MR) is 96.8 cm³/mol. The lowest BCUT2D eigenvalue weighted by Gasteiger charge is -2.36. The number of hydrogen-bond donors (Lipinski definition) is 1. The Morgan fingerprint density at radius 3 is 2.92 bits per heavy atom. The second kappa shape index (κ2) is 8.17. The third-order valence-electron chi connectivity index (χ3n) is 4.97. The summed E-state index contributed by atoms with van der Waals surface area (Å²) in [5, 5.41) is 3.32. The van der Waals surface area contributed by atoms with Gasteiger partial charge >= 0.3 is 0 Å². The molecule has 0 bridgehead atoms. The lowest BCUT2D eigenvalue weighted by molar-refractivity contribution is -0.120. The number of halogens is 2. The van der Waals surface area contributed by atoms with Crippen LogP contribution in [0, 0.1) is 5.92 Å². The molecule has 0 unspecified atom stereocenters. The van der Waals surface area contributed by atoms with Crippen LogP contribution in [-0.2, 0) is 17.8 Å². The van der Waals surface area contributed by atoms with E-state index in [4.69, 9.17) is 4.74 Å². The summed E-state index contributed by atoms with van der Waals surface area (Å²) >= 11 is 1.40. The van der Waals surface area contributed by atoms with Gasteiger partial charge in [0.25, 0.3) is 11.1 Å². The zero-order valence-electron chi connectivity index (χ0n) is 15.4. The molecule has 0 spiro atoms. The van der Waals surface area contributed by atoms with Crippen molar-refractivity contribution in [3.63, 3.8) is 0 Å². The number of alkyl halides is 2. The number of hydrogen-bond acceptors (Lipinski definition) is 5. The quantitative estimate of drug-likeness (QED) is 0.744. The van der Waals surface area contributed by atoms with Gasteiger partial charge in [0, 0.05) is 37.9 Å². The number of fused-ring (bicyclic) bond motifs is 1.